The fourth-order valence-corrected chi connectivity index (χ4v) is 2.57. The Kier molecular flexibility index (Phi) is 5.86. The van der Waals surface area contributed by atoms with Crippen molar-refractivity contribution in [1.82, 2.24) is 9.88 Å². The highest BCUT2D eigenvalue weighted by Crippen LogP contribution is 2.35. The lowest BCUT2D eigenvalue weighted by Gasteiger charge is -2.19. The van der Waals surface area contributed by atoms with E-state index in [-0.39, 0.29) is 6.54 Å². The maximum absolute atomic E-state index is 13.0. The number of carbonyl (C=O) groups is 1. The Bertz CT molecular complexity index is 774. The minimum absolute atomic E-state index is 0.0932. The average molecular weight is 367 g/mol. The zero-order valence-electron chi connectivity index (χ0n) is 14.7. The molecule has 8 heteroatoms. The predicted octanol–water partition coefficient (Wildman–Crippen LogP) is 3.35. The fourth-order valence-electron chi connectivity index (χ4n) is 2.57. The number of aromatic nitrogens is 1. The van der Waals surface area contributed by atoms with Gasteiger partial charge in [-0.3, -0.25) is 9.69 Å². The maximum Gasteiger partial charge on any atom is 0.417 e. The number of hydrogen-bond acceptors (Lipinski definition) is 4. The molecule has 1 aromatic heterocycles. The number of alkyl halides is 3. The standard InChI is InChI=1S/C18H20F3N3O2/c1-23(2)17-15(8-14(9-22-17)18(19,20)21)13-6-4-12(5-7-13)10-24(3)11-16(25)26/h4-9H,10-11H2,1-3H3,(H,25,26). The molecule has 0 aliphatic carbocycles. The molecule has 2 rings (SSSR count). The highest BCUT2D eigenvalue weighted by Gasteiger charge is 2.32. The number of hydrogen-bond donors (Lipinski definition) is 1. The molecule has 0 spiro atoms. The number of anilines is 1. The summed E-state index contributed by atoms with van der Waals surface area (Å²) in [7, 11) is 5.12. The van der Waals surface area contributed by atoms with Gasteiger partial charge in [-0.2, -0.15) is 13.2 Å². The third-order valence-corrected chi connectivity index (χ3v) is 3.74. The van der Waals surface area contributed by atoms with E-state index in [0.717, 1.165) is 17.8 Å². The summed E-state index contributed by atoms with van der Waals surface area (Å²) in [6.07, 6.45) is -3.64. The van der Waals surface area contributed by atoms with E-state index in [1.807, 2.05) is 0 Å². The highest BCUT2D eigenvalue weighted by molar-refractivity contribution is 5.76. The largest absolute Gasteiger partial charge is 0.480 e. The van der Waals surface area contributed by atoms with Gasteiger partial charge in [0.2, 0.25) is 0 Å². The normalized spacial score (nSPS) is 11.7. The molecule has 0 saturated heterocycles. The summed E-state index contributed by atoms with van der Waals surface area (Å²) in [5.41, 5.74) is 1.06. The molecule has 1 aromatic carbocycles. The molecule has 0 fully saturated rings. The van der Waals surface area contributed by atoms with Gasteiger partial charge in [-0.1, -0.05) is 24.3 Å². The molecule has 26 heavy (non-hydrogen) atoms. The first-order valence-electron chi connectivity index (χ1n) is 7.82. The van der Waals surface area contributed by atoms with Crippen LogP contribution in [0.15, 0.2) is 36.5 Å². The molecule has 0 aliphatic rings. The Labute approximate surface area is 149 Å². The van der Waals surface area contributed by atoms with Crippen molar-refractivity contribution in [3.63, 3.8) is 0 Å². The smallest absolute Gasteiger partial charge is 0.417 e. The highest BCUT2D eigenvalue weighted by atomic mass is 19.4. The van der Waals surface area contributed by atoms with Gasteiger partial charge in [-0.15, -0.1) is 0 Å². The summed E-state index contributed by atoms with van der Waals surface area (Å²) in [5, 5.41) is 8.78. The number of rotatable bonds is 6. The van der Waals surface area contributed by atoms with Crippen molar-refractivity contribution in [2.45, 2.75) is 12.7 Å². The minimum Gasteiger partial charge on any atom is -0.480 e. The van der Waals surface area contributed by atoms with Crippen molar-refractivity contribution in [3.05, 3.63) is 47.7 Å². The van der Waals surface area contributed by atoms with Crippen molar-refractivity contribution < 1.29 is 23.1 Å². The third-order valence-electron chi connectivity index (χ3n) is 3.74. The second-order valence-corrected chi connectivity index (χ2v) is 6.25. The molecule has 0 bridgehead atoms. The minimum atomic E-state index is -4.47. The third kappa shape index (κ3) is 4.95. The van der Waals surface area contributed by atoms with Crippen LogP contribution in [0.2, 0.25) is 0 Å². The van der Waals surface area contributed by atoms with Crippen molar-refractivity contribution >= 4 is 11.8 Å². The van der Waals surface area contributed by atoms with Crippen LogP contribution in [0.3, 0.4) is 0 Å². The Hall–Kier alpha value is -2.61. The first-order chi connectivity index (χ1) is 12.1. The van der Waals surface area contributed by atoms with Crippen LogP contribution in [0.25, 0.3) is 11.1 Å². The predicted molar refractivity (Wildman–Crippen MR) is 93.0 cm³/mol. The van der Waals surface area contributed by atoms with Crippen LogP contribution in [0, 0.1) is 0 Å². The first kappa shape index (κ1) is 19.7. The number of pyridine rings is 1. The SMILES string of the molecule is CN(CC(=O)O)Cc1ccc(-c2cc(C(F)(F)F)cnc2N(C)C)cc1. The van der Waals surface area contributed by atoms with Crippen molar-refractivity contribution in [2.75, 3.05) is 32.6 Å². The van der Waals surface area contributed by atoms with E-state index < -0.39 is 17.7 Å². The van der Waals surface area contributed by atoms with Crippen molar-refractivity contribution in [1.29, 1.82) is 0 Å². The van der Waals surface area contributed by atoms with Crippen molar-refractivity contribution in [2.24, 2.45) is 0 Å². The average Bonchev–Trinajstić information content (AvgIpc) is 2.53. The number of aliphatic carboxylic acids is 1. The van der Waals surface area contributed by atoms with E-state index in [0.29, 0.717) is 23.5 Å². The van der Waals surface area contributed by atoms with Crippen LogP contribution in [-0.4, -0.2) is 48.6 Å². The molecule has 0 aliphatic heterocycles. The summed E-state index contributed by atoms with van der Waals surface area (Å²) in [6.45, 7) is 0.331. The second kappa shape index (κ2) is 7.74. The lowest BCUT2D eigenvalue weighted by molar-refractivity contribution is -0.138. The van der Waals surface area contributed by atoms with Crippen LogP contribution in [-0.2, 0) is 17.5 Å². The van der Waals surface area contributed by atoms with Crippen LogP contribution >= 0.6 is 0 Å². The van der Waals surface area contributed by atoms with Gasteiger partial charge in [0.25, 0.3) is 0 Å². The Morgan fingerprint density at radius 3 is 2.27 bits per heavy atom. The maximum atomic E-state index is 13.0. The van der Waals surface area contributed by atoms with Gasteiger partial charge in [0.05, 0.1) is 12.1 Å². The monoisotopic (exact) mass is 367 g/mol. The molecule has 140 valence electrons. The van der Waals surface area contributed by atoms with Crippen molar-refractivity contribution in [3.8, 4) is 11.1 Å². The quantitative estimate of drug-likeness (QED) is 0.849. The van der Waals surface area contributed by atoms with Gasteiger partial charge >= 0.3 is 12.1 Å². The van der Waals surface area contributed by atoms with Crippen LogP contribution < -0.4 is 4.90 Å². The molecule has 5 nitrogen and oxygen atoms in total. The Balaban J connectivity index is 2.33. The van der Waals surface area contributed by atoms with Gasteiger partial charge in [-0.25, -0.2) is 4.98 Å². The van der Waals surface area contributed by atoms with Gasteiger partial charge in [0.1, 0.15) is 5.82 Å². The summed E-state index contributed by atoms with van der Waals surface area (Å²) >= 11 is 0. The van der Waals surface area contributed by atoms with E-state index in [4.69, 9.17) is 5.11 Å². The molecular formula is C18H20F3N3O2. The van der Waals surface area contributed by atoms with Crippen LogP contribution in [0.5, 0.6) is 0 Å². The second-order valence-electron chi connectivity index (χ2n) is 6.25. The molecular weight excluding hydrogens is 347 g/mol. The van der Waals surface area contributed by atoms with E-state index in [1.165, 1.54) is 0 Å². The molecule has 2 aromatic rings. The molecule has 0 radical (unpaired) electrons. The lowest BCUT2D eigenvalue weighted by Crippen LogP contribution is -2.25. The summed E-state index contributed by atoms with van der Waals surface area (Å²) in [6, 6.07) is 8.07. The zero-order valence-corrected chi connectivity index (χ0v) is 14.7. The molecule has 0 unspecified atom stereocenters. The van der Waals surface area contributed by atoms with Gasteiger partial charge in [0.15, 0.2) is 0 Å². The zero-order chi connectivity index (χ0) is 19.5. The topological polar surface area (TPSA) is 56.7 Å². The van der Waals surface area contributed by atoms with Gasteiger partial charge < -0.3 is 10.0 Å². The summed E-state index contributed by atoms with van der Waals surface area (Å²) < 4.78 is 39.1. The number of halogens is 3. The Morgan fingerprint density at radius 1 is 1.15 bits per heavy atom. The Morgan fingerprint density at radius 2 is 1.77 bits per heavy atom. The van der Waals surface area contributed by atoms with E-state index in [1.54, 1.807) is 55.2 Å². The number of nitrogens with zero attached hydrogens (tertiary/aromatic N) is 3. The summed E-state index contributed by atoms with van der Waals surface area (Å²) in [4.78, 5) is 18.0. The summed E-state index contributed by atoms with van der Waals surface area (Å²) in [5.74, 6) is -0.483. The fraction of sp³-hybridized carbons (Fsp3) is 0.333. The number of likely N-dealkylation sites (N-methyl/N-ethyl adjacent to an activating group) is 1. The lowest BCUT2D eigenvalue weighted by atomic mass is 10.0. The van der Waals surface area contributed by atoms with E-state index in [2.05, 4.69) is 4.98 Å². The number of carboxylic acids is 1. The van der Waals surface area contributed by atoms with Crippen LogP contribution in [0.4, 0.5) is 19.0 Å². The molecule has 0 amide bonds. The number of carboxylic acid groups (broad SMARTS) is 1. The van der Waals surface area contributed by atoms with E-state index >= 15 is 0 Å². The molecule has 0 atom stereocenters. The van der Waals surface area contributed by atoms with Crippen LogP contribution in [0.1, 0.15) is 11.1 Å². The molecule has 1 N–H and O–H groups in total. The molecule has 0 saturated carbocycles. The molecule has 1 heterocycles. The first-order valence-corrected chi connectivity index (χ1v) is 7.82. The van der Waals surface area contributed by atoms with Gasteiger partial charge in [0, 0.05) is 32.4 Å². The van der Waals surface area contributed by atoms with E-state index in [9.17, 15) is 18.0 Å². The van der Waals surface area contributed by atoms with Gasteiger partial charge in [-0.05, 0) is 24.2 Å². The number of benzene rings is 1.